The first-order chi connectivity index (χ1) is 8.27. The van der Waals surface area contributed by atoms with E-state index in [0.717, 1.165) is 0 Å². The van der Waals surface area contributed by atoms with Crippen molar-refractivity contribution in [3.8, 4) is 0 Å². The third-order valence-electron chi connectivity index (χ3n) is 1.86. The highest BCUT2D eigenvalue weighted by molar-refractivity contribution is 5.92. The van der Waals surface area contributed by atoms with Gasteiger partial charge in [0.15, 0.2) is 11.5 Å². The second-order valence-corrected chi connectivity index (χ2v) is 3.18. The molecule has 8 heteroatoms. The van der Waals surface area contributed by atoms with Crippen LogP contribution in [0.5, 0.6) is 0 Å². The molecule has 1 N–H and O–H groups in total. The average molecular weight is 239 g/mol. The van der Waals surface area contributed by atoms with Crippen molar-refractivity contribution in [3.63, 3.8) is 0 Å². The van der Waals surface area contributed by atoms with E-state index in [2.05, 4.69) is 20.5 Å². The zero-order chi connectivity index (χ0) is 12.5. The minimum absolute atomic E-state index is 0.209. The van der Waals surface area contributed by atoms with E-state index in [4.69, 9.17) is 14.8 Å². The van der Waals surface area contributed by atoms with Crippen LogP contribution in [-0.4, -0.2) is 31.3 Å². The van der Waals surface area contributed by atoms with Gasteiger partial charge in [0.05, 0.1) is 0 Å². The Morgan fingerprint density at radius 2 is 2.59 bits per heavy atom. The van der Waals surface area contributed by atoms with Gasteiger partial charge in [-0.1, -0.05) is 10.3 Å². The second kappa shape index (κ2) is 7.26. The molecule has 0 spiro atoms. The predicted molar refractivity (Wildman–Crippen MR) is 58.2 cm³/mol. The lowest BCUT2D eigenvalue weighted by atomic mass is 10.3. The van der Waals surface area contributed by atoms with Crippen LogP contribution < -0.4 is 5.32 Å². The van der Waals surface area contributed by atoms with E-state index in [0.29, 0.717) is 25.3 Å². The van der Waals surface area contributed by atoms with Gasteiger partial charge in [-0.25, -0.2) is 0 Å². The fourth-order valence-corrected chi connectivity index (χ4v) is 1.12. The van der Waals surface area contributed by atoms with Crippen LogP contribution in [-0.2, 0) is 11.3 Å². The molecular formula is C9H13N5O3. The highest BCUT2D eigenvalue weighted by atomic mass is 16.5. The first-order valence-electron chi connectivity index (χ1n) is 5.01. The Labute approximate surface area is 97.5 Å². The van der Waals surface area contributed by atoms with Crippen molar-refractivity contribution in [2.24, 2.45) is 5.11 Å². The minimum atomic E-state index is -0.322. The number of nitrogens with zero attached hydrogens (tertiary/aromatic N) is 4. The van der Waals surface area contributed by atoms with Crippen LogP contribution in [0.25, 0.3) is 10.4 Å². The monoisotopic (exact) mass is 239 g/mol. The molecule has 0 saturated heterocycles. The number of ether oxygens (including phenoxy) is 1. The number of amides is 1. The van der Waals surface area contributed by atoms with E-state index in [1.54, 1.807) is 0 Å². The topological polar surface area (TPSA) is 113 Å². The molecule has 1 heterocycles. The molecule has 1 aromatic heterocycles. The summed E-state index contributed by atoms with van der Waals surface area (Å²) in [6, 6.07) is 1.52. The van der Waals surface area contributed by atoms with Gasteiger partial charge in [-0.3, -0.25) is 4.79 Å². The Hall–Kier alpha value is -2.05. The van der Waals surface area contributed by atoms with Crippen LogP contribution in [0, 0.1) is 0 Å². The molecule has 17 heavy (non-hydrogen) atoms. The molecule has 1 amide bonds. The van der Waals surface area contributed by atoms with Crippen molar-refractivity contribution >= 4 is 5.91 Å². The molecule has 0 aliphatic carbocycles. The number of carbonyl (C=O) groups is 1. The normalized spacial score (nSPS) is 9.71. The van der Waals surface area contributed by atoms with Crippen LogP contribution in [0.1, 0.15) is 22.7 Å². The Kier molecular flexibility index (Phi) is 5.56. The van der Waals surface area contributed by atoms with Crippen molar-refractivity contribution in [1.82, 2.24) is 10.5 Å². The number of rotatable bonds is 7. The van der Waals surface area contributed by atoms with E-state index in [9.17, 15) is 4.79 Å². The summed E-state index contributed by atoms with van der Waals surface area (Å²) in [7, 11) is 1.53. The summed E-state index contributed by atoms with van der Waals surface area (Å²) in [5.41, 5.74) is 8.25. The maximum Gasteiger partial charge on any atom is 0.273 e. The average Bonchev–Trinajstić information content (AvgIpc) is 2.78. The van der Waals surface area contributed by atoms with Crippen molar-refractivity contribution < 1.29 is 14.1 Å². The zero-order valence-electron chi connectivity index (χ0n) is 9.42. The van der Waals surface area contributed by atoms with Gasteiger partial charge in [0, 0.05) is 31.2 Å². The number of methoxy groups -OCH3 is 1. The van der Waals surface area contributed by atoms with E-state index >= 15 is 0 Å². The third kappa shape index (κ3) is 4.54. The van der Waals surface area contributed by atoms with Gasteiger partial charge in [-0.2, -0.15) is 0 Å². The Morgan fingerprint density at radius 1 is 1.76 bits per heavy atom. The summed E-state index contributed by atoms with van der Waals surface area (Å²) in [5, 5.41) is 9.58. The minimum Gasteiger partial charge on any atom is -0.377 e. The lowest BCUT2D eigenvalue weighted by molar-refractivity contribution is 0.0943. The van der Waals surface area contributed by atoms with E-state index in [-0.39, 0.29) is 18.2 Å². The van der Waals surface area contributed by atoms with Crippen LogP contribution in [0.4, 0.5) is 0 Å². The van der Waals surface area contributed by atoms with Crippen LogP contribution in [0.15, 0.2) is 15.7 Å². The lowest BCUT2D eigenvalue weighted by Crippen LogP contribution is -2.25. The van der Waals surface area contributed by atoms with Gasteiger partial charge >= 0.3 is 0 Å². The van der Waals surface area contributed by atoms with Crippen LogP contribution in [0.2, 0.25) is 0 Å². The maximum atomic E-state index is 11.5. The van der Waals surface area contributed by atoms with Gasteiger partial charge in [0.25, 0.3) is 5.91 Å². The molecule has 0 bridgehead atoms. The third-order valence-corrected chi connectivity index (χ3v) is 1.86. The molecule has 1 rings (SSSR count). The molecule has 0 aromatic carbocycles. The standard InChI is InChI=1S/C9H13N5O3/c1-16-6-7-5-8(13-17-7)9(15)11-3-2-4-12-14-10/h5H,2-4,6H2,1H3,(H,11,15). The zero-order valence-corrected chi connectivity index (χ0v) is 9.42. The highest BCUT2D eigenvalue weighted by Gasteiger charge is 2.11. The molecular weight excluding hydrogens is 226 g/mol. The number of azide groups is 1. The second-order valence-electron chi connectivity index (χ2n) is 3.18. The van der Waals surface area contributed by atoms with Gasteiger partial charge in [-0.05, 0) is 12.0 Å². The molecule has 0 atom stereocenters. The van der Waals surface area contributed by atoms with Gasteiger partial charge < -0.3 is 14.6 Å². The molecule has 1 aromatic rings. The molecule has 8 nitrogen and oxygen atoms in total. The number of nitrogens with one attached hydrogen (secondary N) is 1. The summed E-state index contributed by atoms with van der Waals surface area (Å²) in [5.74, 6) is 0.170. The van der Waals surface area contributed by atoms with E-state index in [1.165, 1.54) is 13.2 Å². The summed E-state index contributed by atoms with van der Waals surface area (Å²) in [4.78, 5) is 14.1. The molecule has 0 fully saturated rings. The molecule has 0 saturated carbocycles. The first kappa shape index (κ1) is 13.0. The predicted octanol–water partition coefficient (Wildman–Crippen LogP) is 1.25. The van der Waals surface area contributed by atoms with Crippen LogP contribution in [0.3, 0.4) is 0 Å². The Bertz CT molecular complexity index is 411. The fraction of sp³-hybridized carbons (Fsp3) is 0.556. The fourth-order valence-electron chi connectivity index (χ4n) is 1.12. The molecule has 0 aliphatic heterocycles. The van der Waals surface area contributed by atoms with Crippen molar-refractivity contribution in [3.05, 3.63) is 28.0 Å². The van der Waals surface area contributed by atoms with Gasteiger partial charge in [0.1, 0.15) is 6.61 Å². The van der Waals surface area contributed by atoms with Crippen molar-refractivity contribution in [2.45, 2.75) is 13.0 Å². The molecule has 92 valence electrons. The summed E-state index contributed by atoms with van der Waals surface area (Å²) in [6.07, 6.45) is 0.582. The smallest absolute Gasteiger partial charge is 0.273 e. The summed E-state index contributed by atoms with van der Waals surface area (Å²) in [6.45, 7) is 1.05. The van der Waals surface area contributed by atoms with E-state index < -0.39 is 0 Å². The van der Waals surface area contributed by atoms with Gasteiger partial charge in [-0.15, -0.1) is 0 Å². The number of carbonyl (C=O) groups excluding carboxylic acids is 1. The summed E-state index contributed by atoms with van der Waals surface area (Å²) >= 11 is 0. The largest absolute Gasteiger partial charge is 0.377 e. The Morgan fingerprint density at radius 3 is 3.29 bits per heavy atom. The summed E-state index contributed by atoms with van der Waals surface area (Å²) < 4.78 is 9.70. The molecule has 0 aliphatic rings. The SMILES string of the molecule is COCc1cc(C(=O)NCCCN=[N+]=[N-])no1. The quantitative estimate of drug-likeness (QED) is 0.334. The van der Waals surface area contributed by atoms with Crippen molar-refractivity contribution in [2.75, 3.05) is 20.2 Å². The highest BCUT2D eigenvalue weighted by Crippen LogP contribution is 2.04. The Balaban J connectivity index is 2.33. The number of aromatic nitrogens is 1. The molecule has 0 unspecified atom stereocenters. The maximum absolute atomic E-state index is 11.5. The molecule has 0 radical (unpaired) electrons. The number of hydrogen-bond acceptors (Lipinski definition) is 5. The lowest BCUT2D eigenvalue weighted by Gasteiger charge is -1.99. The van der Waals surface area contributed by atoms with Crippen LogP contribution >= 0.6 is 0 Å². The first-order valence-corrected chi connectivity index (χ1v) is 5.01. The van der Waals surface area contributed by atoms with Crippen molar-refractivity contribution in [1.29, 1.82) is 0 Å². The van der Waals surface area contributed by atoms with Gasteiger partial charge in [0.2, 0.25) is 0 Å². The number of hydrogen-bond donors (Lipinski definition) is 1. The van der Waals surface area contributed by atoms with E-state index in [1.807, 2.05) is 0 Å².